The van der Waals surface area contributed by atoms with Gasteiger partial charge in [0.1, 0.15) is 6.61 Å². The molecule has 4 nitrogen and oxygen atoms in total. The molecule has 1 heterocycles. The van der Waals surface area contributed by atoms with Crippen LogP contribution in [0.5, 0.6) is 0 Å². The third-order valence-corrected chi connectivity index (χ3v) is 3.90. The van der Waals surface area contributed by atoms with Gasteiger partial charge in [0.05, 0.1) is 5.69 Å². The van der Waals surface area contributed by atoms with Crippen LogP contribution in [0.2, 0.25) is 0 Å². The van der Waals surface area contributed by atoms with E-state index in [2.05, 4.69) is 24.3 Å². The van der Waals surface area contributed by atoms with Gasteiger partial charge in [-0.15, -0.1) is 0 Å². The van der Waals surface area contributed by atoms with Gasteiger partial charge in [-0.05, 0) is 25.2 Å². The van der Waals surface area contributed by atoms with Crippen LogP contribution in [0, 0.1) is 5.92 Å². The van der Waals surface area contributed by atoms with E-state index >= 15 is 0 Å². The molecule has 20 heavy (non-hydrogen) atoms. The lowest BCUT2D eigenvalue weighted by Gasteiger charge is -2.13. The Kier molecular flexibility index (Phi) is 6.54. The average molecular weight is 280 g/mol. The fourth-order valence-electron chi connectivity index (χ4n) is 2.27. The monoisotopic (exact) mass is 280 g/mol. The van der Waals surface area contributed by atoms with E-state index in [1.807, 2.05) is 6.07 Å². The van der Waals surface area contributed by atoms with Crippen molar-refractivity contribution in [1.29, 1.82) is 0 Å². The van der Waals surface area contributed by atoms with E-state index in [0.29, 0.717) is 18.6 Å². The minimum absolute atomic E-state index is 0.541. The zero-order valence-corrected chi connectivity index (χ0v) is 12.9. The van der Waals surface area contributed by atoms with Crippen LogP contribution in [-0.4, -0.2) is 17.8 Å². The van der Waals surface area contributed by atoms with Crippen molar-refractivity contribution in [3.8, 4) is 0 Å². The molecule has 1 atom stereocenters. The molecule has 0 radical (unpaired) electrons. The van der Waals surface area contributed by atoms with Crippen LogP contribution in [0.4, 0.5) is 0 Å². The molecule has 1 N–H and O–H groups in total. The molecule has 1 fully saturated rings. The van der Waals surface area contributed by atoms with Crippen molar-refractivity contribution in [2.24, 2.45) is 5.92 Å². The SMILES string of the molecule is CCCCC(CC)COCc1cc(CNC2CC2)no1. The quantitative estimate of drug-likeness (QED) is 0.672. The lowest BCUT2D eigenvalue weighted by atomic mass is 10.0. The zero-order chi connectivity index (χ0) is 14.2. The molecule has 4 heteroatoms. The minimum Gasteiger partial charge on any atom is -0.373 e. The summed E-state index contributed by atoms with van der Waals surface area (Å²) in [6.45, 7) is 6.65. The van der Waals surface area contributed by atoms with Gasteiger partial charge in [-0.25, -0.2) is 0 Å². The molecule has 1 unspecified atom stereocenters. The second-order valence-electron chi connectivity index (χ2n) is 5.87. The van der Waals surface area contributed by atoms with Crippen LogP contribution in [0.25, 0.3) is 0 Å². The van der Waals surface area contributed by atoms with Gasteiger partial charge < -0.3 is 14.6 Å². The molecule has 0 saturated heterocycles. The fourth-order valence-corrected chi connectivity index (χ4v) is 2.27. The molecule has 1 saturated carbocycles. The topological polar surface area (TPSA) is 47.3 Å². The van der Waals surface area contributed by atoms with Crippen molar-refractivity contribution in [2.45, 2.75) is 71.6 Å². The Balaban J connectivity index is 1.62. The van der Waals surface area contributed by atoms with Crippen molar-refractivity contribution in [2.75, 3.05) is 6.61 Å². The normalized spacial score (nSPS) is 16.5. The Hall–Kier alpha value is -0.870. The van der Waals surface area contributed by atoms with Gasteiger partial charge in [-0.1, -0.05) is 38.3 Å². The lowest BCUT2D eigenvalue weighted by molar-refractivity contribution is 0.0675. The predicted octanol–water partition coefficient (Wildman–Crippen LogP) is 3.66. The van der Waals surface area contributed by atoms with Crippen LogP contribution < -0.4 is 5.32 Å². The third-order valence-electron chi connectivity index (χ3n) is 3.90. The first-order chi connectivity index (χ1) is 9.81. The first-order valence-electron chi connectivity index (χ1n) is 8.07. The van der Waals surface area contributed by atoms with Crippen molar-refractivity contribution in [1.82, 2.24) is 10.5 Å². The second kappa shape index (κ2) is 8.42. The Labute approximate surface area is 122 Å². The van der Waals surface area contributed by atoms with Gasteiger partial charge >= 0.3 is 0 Å². The molecule has 0 bridgehead atoms. The predicted molar refractivity (Wildman–Crippen MR) is 79.3 cm³/mol. The molecule has 1 aliphatic rings. The summed E-state index contributed by atoms with van der Waals surface area (Å²) < 4.78 is 11.1. The van der Waals surface area contributed by atoms with Gasteiger partial charge in [-0.3, -0.25) is 0 Å². The Bertz CT molecular complexity index is 374. The van der Waals surface area contributed by atoms with Gasteiger partial charge in [0.25, 0.3) is 0 Å². The number of aromatic nitrogens is 1. The first-order valence-corrected chi connectivity index (χ1v) is 8.07. The molecule has 1 aromatic rings. The third kappa shape index (κ3) is 5.63. The molecule has 0 amide bonds. The maximum absolute atomic E-state index is 5.77. The van der Waals surface area contributed by atoms with Crippen LogP contribution in [0.3, 0.4) is 0 Å². The average Bonchev–Trinajstić information content (AvgIpc) is 3.19. The van der Waals surface area contributed by atoms with E-state index in [9.17, 15) is 0 Å². The molecular formula is C16H28N2O2. The van der Waals surface area contributed by atoms with Crippen molar-refractivity contribution in [3.05, 3.63) is 17.5 Å². The maximum atomic E-state index is 5.77. The smallest absolute Gasteiger partial charge is 0.162 e. The Morgan fingerprint density at radius 2 is 2.30 bits per heavy atom. The van der Waals surface area contributed by atoms with E-state index in [-0.39, 0.29) is 0 Å². The fraction of sp³-hybridized carbons (Fsp3) is 0.812. The molecule has 0 aliphatic heterocycles. The lowest BCUT2D eigenvalue weighted by Crippen LogP contribution is -2.15. The summed E-state index contributed by atoms with van der Waals surface area (Å²) in [6.07, 6.45) is 7.60. The highest BCUT2D eigenvalue weighted by atomic mass is 16.5. The summed E-state index contributed by atoms with van der Waals surface area (Å²) in [6, 6.07) is 2.71. The number of nitrogens with zero attached hydrogens (tertiary/aromatic N) is 1. The number of nitrogens with one attached hydrogen (secondary N) is 1. The summed E-state index contributed by atoms with van der Waals surface area (Å²) in [5.74, 6) is 1.51. The molecular weight excluding hydrogens is 252 g/mol. The summed E-state index contributed by atoms with van der Waals surface area (Å²) in [5, 5.41) is 7.50. The van der Waals surface area contributed by atoms with Crippen molar-refractivity contribution < 1.29 is 9.26 Å². The van der Waals surface area contributed by atoms with Crippen LogP contribution in [0.1, 0.15) is 63.8 Å². The van der Waals surface area contributed by atoms with Gasteiger partial charge in [0, 0.05) is 25.3 Å². The number of rotatable bonds is 11. The molecule has 0 aromatic carbocycles. The molecule has 1 aromatic heterocycles. The second-order valence-corrected chi connectivity index (χ2v) is 5.87. The number of hydrogen-bond donors (Lipinski definition) is 1. The van der Waals surface area contributed by atoms with Crippen LogP contribution in [0.15, 0.2) is 10.6 Å². The van der Waals surface area contributed by atoms with E-state index in [1.54, 1.807) is 0 Å². The largest absolute Gasteiger partial charge is 0.373 e. The standard InChI is InChI=1S/C16H28N2O2/c1-3-5-6-13(4-2)11-19-12-16-9-15(18-20-16)10-17-14-7-8-14/h9,13-14,17H,3-8,10-12H2,1-2H3. The van der Waals surface area contributed by atoms with Crippen molar-refractivity contribution >= 4 is 0 Å². The zero-order valence-electron chi connectivity index (χ0n) is 12.9. The van der Waals surface area contributed by atoms with Crippen LogP contribution in [-0.2, 0) is 17.9 Å². The Morgan fingerprint density at radius 3 is 3.00 bits per heavy atom. The van der Waals surface area contributed by atoms with Gasteiger partial charge in [0.15, 0.2) is 5.76 Å². The number of ether oxygens (including phenoxy) is 1. The molecule has 2 rings (SSSR count). The summed E-state index contributed by atoms with van der Waals surface area (Å²) in [5.41, 5.74) is 0.980. The molecule has 1 aliphatic carbocycles. The summed E-state index contributed by atoms with van der Waals surface area (Å²) in [4.78, 5) is 0. The maximum Gasteiger partial charge on any atom is 0.162 e. The van der Waals surface area contributed by atoms with E-state index in [4.69, 9.17) is 9.26 Å². The highest BCUT2D eigenvalue weighted by molar-refractivity contribution is 5.04. The van der Waals surface area contributed by atoms with E-state index in [0.717, 1.165) is 24.6 Å². The van der Waals surface area contributed by atoms with E-state index in [1.165, 1.54) is 38.5 Å². The molecule has 114 valence electrons. The molecule has 0 spiro atoms. The van der Waals surface area contributed by atoms with Crippen LogP contribution >= 0.6 is 0 Å². The Morgan fingerprint density at radius 1 is 1.45 bits per heavy atom. The number of unbranched alkanes of at least 4 members (excludes halogenated alkanes) is 1. The highest BCUT2D eigenvalue weighted by Crippen LogP contribution is 2.19. The summed E-state index contributed by atoms with van der Waals surface area (Å²) in [7, 11) is 0. The van der Waals surface area contributed by atoms with E-state index < -0.39 is 0 Å². The minimum atomic E-state index is 0.541. The van der Waals surface area contributed by atoms with Crippen molar-refractivity contribution in [3.63, 3.8) is 0 Å². The number of hydrogen-bond acceptors (Lipinski definition) is 4. The van der Waals surface area contributed by atoms with Gasteiger partial charge in [0.2, 0.25) is 0 Å². The summed E-state index contributed by atoms with van der Waals surface area (Å²) >= 11 is 0. The highest BCUT2D eigenvalue weighted by Gasteiger charge is 2.20. The first kappa shape index (κ1) is 15.5. The van der Waals surface area contributed by atoms with Gasteiger partial charge in [-0.2, -0.15) is 0 Å².